The van der Waals surface area contributed by atoms with Crippen LogP contribution in [0.15, 0.2) is 54.9 Å². The largest absolute Gasteiger partial charge is 0.494 e. The van der Waals surface area contributed by atoms with E-state index in [9.17, 15) is 5.11 Å². The van der Waals surface area contributed by atoms with Gasteiger partial charge in [0.2, 0.25) is 5.88 Å². The molecule has 1 aliphatic heterocycles. The predicted molar refractivity (Wildman–Crippen MR) is 110 cm³/mol. The van der Waals surface area contributed by atoms with Gasteiger partial charge in [-0.15, -0.1) is 0 Å². The van der Waals surface area contributed by atoms with Crippen LogP contribution in [0, 0.1) is 0 Å². The first kappa shape index (κ1) is 14.9. The molecule has 4 heterocycles. The Labute approximate surface area is 165 Å². The molecule has 0 saturated carbocycles. The lowest BCUT2D eigenvalue weighted by atomic mass is 10.2. The van der Waals surface area contributed by atoms with E-state index in [1.165, 1.54) is 0 Å². The molecule has 6 heteroatoms. The van der Waals surface area contributed by atoms with Crippen LogP contribution in [-0.4, -0.2) is 45.9 Å². The van der Waals surface area contributed by atoms with Crippen molar-refractivity contribution in [1.82, 2.24) is 14.5 Å². The van der Waals surface area contributed by atoms with Gasteiger partial charge in [-0.2, -0.15) is 0 Å². The van der Waals surface area contributed by atoms with Crippen LogP contribution in [-0.2, 0) is 17.7 Å². The molecule has 3 aromatic heterocycles. The van der Waals surface area contributed by atoms with E-state index >= 15 is 0 Å². The third kappa shape index (κ3) is 3.05. The van der Waals surface area contributed by atoms with E-state index in [1.807, 2.05) is 36.5 Å². The highest BCUT2D eigenvalue weighted by atomic mass is 16.5. The number of rotatable bonds is 4. The van der Waals surface area contributed by atoms with Gasteiger partial charge in [-0.25, -0.2) is 0 Å². The SMILES string of the molecule is [2H]C1([2H])COCCN1c1ccnc2cn(CCc3ccc4ccccc4n3)c(O)c12. The lowest BCUT2D eigenvalue weighted by Crippen LogP contribution is -2.36. The van der Waals surface area contributed by atoms with E-state index in [1.54, 1.807) is 21.7 Å². The zero-order chi connectivity index (χ0) is 20.7. The summed E-state index contributed by atoms with van der Waals surface area (Å²) in [5.41, 5.74) is 3.17. The number of hydrogen-bond acceptors (Lipinski definition) is 5. The summed E-state index contributed by atoms with van der Waals surface area (Å²) in [4.78, 5) is 10.7. The third-order valence-electron chi connectivity index (χ3n) is 5.10. The van der Waals surface area contributed by atoms with Crippen molar-refractivity contribution < 1.29 is 12.6 Å². The number of hydrogen-bond donors (Lipinski definition) is 1. The first-order chi connectivity index (χ1) is 14.5. The highest BCUT2D eigenvalue weighted by Crippen LogP contribution is 2.35. The quantitative estimate of drug-likeness (QED) is 0.592. The predicted octanol–water partition coefficient (Wildman–Crippen LogP) is 3.37. The van der Waals surface area contributed by atoms with Crippen LogP contribution in [0.3, 0.4) is 0 Å². The minimum Gasteiger partial charge on any atom is -0.494 e. The molecule has 0 amide bonds. The molecule has 0 atom stereocenters. The van der Waals surface area contributed by atoms with Gasteiger partial charge in [0.05, 0.1) is 38.1 Å². The number of morpholine rings is 1. The van der Waals surface area contributed by atoms with E-state index in [0.717, 1.165) is 16.6 Å². The summed E-state index contributed by atoms with van der Waals surface area (Å²) in [7, 11) is 0. The van der Waals surface area contributed by atoms with Crippen molar-refractivity contribution in [1.29, 1.82) is 0 Å². The van der Waals surface area contributed by atoms with Crippen LogP contribution in [0.25, 0.3) is 21.8 Å². The van der Waals surface area contributed by atoms with Gasteiger partial charge in [0.25, 0.3) is 0 Å². The van der Waals surface area contributed by atoms with Crippen LogP contribution in [0.2, 0.25) is 0 Å². The second-order valence-electron chi connectivity index (χ2n) is 6.84. The third-order valence-corrected chi connectivity index (χ3v) is 5.10. The van der Waals surface area contributed by atoms with Gasteiger partial charge in [0, 0.05) is 49.5 Å². The zero-order valence-corrected chi connectivity index (χ0v) is 15.4. The standard InChI is InChI=1S/C22H22N4O2/c27-22-21-19(23-9-7-20(21)25-11-13-28-14-12-25)15-26(22)10-8-17-6-5-16-3-1-2-4-18(16)24-17/h1-7,9,15,27H,8,10-14H2/i11D2. The van der Waals surface area contributed by atoms with E-state index in [4.69, 9.17) is 12.5 Å². The maximum absolute atomic E-state index is 10.9. The fraction of sp³-hybridized carbons (Fsp3) is 0.273. The van der Waals surface area contributed by atoms with Gasteiger partial charge in [-0.3, -0.25) is 9.97 Å². The Morgan fingerprint density at radius 1 is 1.11 bits per heavy atom. The summed E-state index contributed by atoms with van der Waals surface area (Å²) in [6, 6.07) is 13.8. The average Bonchev–Trinajstić information content (AvgIpc) is 3.08. The van der Waals surface area contributed by atoms with E-state index in [2.05, 4.69) is 11.1 Å². The molecule has 0 radical (unpaired) electrons. The number of nitrogens with zero attached hydrogens (tertiary/aromatic N) is 4. The number of ether oxygens (including phenoxy) is 1. The monoisotopic (exact) mass is 376 g/mol. The smallest absolute Gasteiger partial charge is 0.202 e. The Bertz CT molecular complexity index is 1220. The van der Waals surface area contributed by atoms with E-state index in [-0.39, 0.29) is 12.5 Å². The highest BCUT2D eigenvalue weighted by molar-refractivity contribution is 5.96. The summed E-state index contributed by atoms with van der Waals surface area (Å²) in [5, 5.41) is 12.6. The Kier molecular flexibility index (Phi) is 3.79. The number of fused-ring (bicyclic) bond motifs is 2. The Morgan fingerprint density at radius 3 is 2.96 bits per heavy atom. The molecule has 28 heavy (non-hydrogen) atoms. The summed E-state index contributed by atoms with van der Waals surface area (Å²) in [6.45, 7) is -0.249. The van der Waals surface area contributed by atoms with Gasteiger partial charge < -0.3 is 19.3 Å². The number of aromatic nitrogens is 3. The Hall–Kier alpha value is -3.12. The van der Waals surface area contributed by atoms with Gasteiger partial charge in [-0.1, -0.05) is 24.3 Å². The molecule has 1 aromatic carbocycles. The first-order valence-corrected chi connectivity index (χ1v) is 9.40. The maximum atomic E-state index is 10.9. The van der Waals surface area contributed by atoms with E-state index in [0.29, 0.717) is 42.7 Å². The molecule has 1 aliphatic rings. The van der Waals surface area contributed by atoms with Gasteiger partial charge >= 0.3 is 0 Å². The number of aryl methyl sites for hydroxylation is 2. The normalized spacial score (nSPS) is 17.6. The summed E-state index contributed by atoms with van der Waals surface area (Å²) >= 11 is 0. The Balaban J connectivity index is 1.46. The number of pyridine rings is 2. The van der Waals surface area contributed by atoms with Crippen molar-refractivity contribution in [3.8, 4) is 5.88 Å². The molecule has 1 N–H and O–H groups in total. The molecule has 4 aromatic rings. The molecule has 0 bridgehead atoms. The molecule has 142 valence electrons. The zero-order valence-electron chi connectivity index (χ0n) is 17.4. The van der Waals surface area contributed by atoms with E-state index < -0.39 is 6.50 Å². The van der Waals surface area contributed by atoms with Crippen LogP contribution in [0.4, 0.5) is 5.69 Å². The fourth-order valence-corrected chi connectivity index (χ4v) is 3.66. The maximum Gasteiger partial charge on any atom is 0.202 e. The summed E-state index contributed by atoms with van der Waals surface area (Å²) < 4.78 is 23.6. The molecule has 5 rings (SSSR count). The van der Waals surface area contributed by atoms with Crippen molar-refractivity contribution in [2.75, 3.05) is 31.2 Å². The highest BCUT2D eigenvalue weighted by Gasteiger charge is 2.19. The average molecular weight is 376 g/mol. The number of anilines is 1. The van der Waals surface area contributed by atoms with Crippen LogP contribution in [0.5, 0.6) is 5.88 Å². The van der Waals surface area contributed by atoms with Crippen LogP contribution in [0.1, 0.15) is 8.44 Å². The van der Waals surface area contributed by atoms with Gasteiger partial charge in [-0.05, 0) is 18.2 Å². The minimum atomic E-state index is -1.64. The summed E-state index contributed by atoms with van der Waals surface area (Å²) in [5.74, 6) is 0.0937. The first-order valence-electron chi connectivity index (χ1n) is 10.4. The van der Waals surface area contributed by atoms with Gasteiger partial charge in [0.1, 0.15) is 0 Å². The van der Waals surface area contributed by atoms with Crippen molar-refractivity contribution in [2.24, 2.45) is 0 Å². The van der Waals surface area contributed by atoms with Crippen LogP contribution >= 0.6 is 0 Å². The number of benzene rings is 1. The lowest BCUT2D eigenvalue weighted by molar-refractivity contribution is 0.123. The minimum absolute atomic E-state index is 0.00802. The number of aromatic hydroxyl groups is 1. The van der Waals surface area contributed by atoms with Crippen molar-refractivity contribution in [2.45, 2.75) is 13.0 Å². The molecular formula is C22H22N4O2. The molecular weight excluding hydrogens is 352 g/mol. The molecule has 0 unspecified atom stereocenters. The second kappa shape index (κ2) is 7.13. The van der Waals surface area contributed by atoms with Crippen LogP contribution < -0.4 is 4.90 Å². The van der Waals surface area contributed by atoms with Crippen molar-refractivity contribution >= 4 is 27.5 Å². The molecule has 0 aliphatic carbocycles. The van der Waals surface area contributed by atoms with Gasteiger partial charge in [0.15, 0.2) is 0 Å². The molecule has 6 nitrogen and oxygen atoms in total. The van der Waals surface area contributed by atoms with Crippen molar-refractivity contribution in [3.63, 3.8) is 0 Å². The lowest BCUT2D eigenvalue weighted by Gasteiger charge is -2.29. The number of para-hydroxylation sites is 1. The fourth-order valence-electron chi connectivity index (χ4n) is 3.66. The molecule has 1 saturated heterocycles. The second-order valence-corrected chi connectivity index (χ2v) is 6.84. The molecule has 1 fully saturated rings. The summed E-state index contributed by atoms with van der Waals surface area (Å²) in [6.07, 6.45) is 4.12. The topological polar surface area (TPSA) is 63.4 Å². The Morgan fingerprint density at radius 2 is 2.04 bits per heavy atom. The van der Waals surface area contributed by atoms with Crippen molar-refractivity contribution in [3.05, 3.63) is 60.6 Å². The molecule has 0 spiro atoms.